The van der Waals surface area contributed by atoms with Crippen LogP contribution in [0.25, 0.3) is 11.3 Å². The quantitative estimate of drug-likeness (QED) is 0.733. The van der Waals surface area contributed by atoms with Gasteiger partial charge in [0, 0.05) is 5.69 Å². The maximum absolute atomic E-state index is 11.5. The van der Waals surface area contributed by atoms with Crippen LogP contribution in [0.1, 0.15) is 27.6 Å². The van der Waals surface area contributed by atoms with E-state index in [1.165, 1.54) is 0 Å². The lowest BCUT2D eigenvalue weighted by molar-refractivity contribution is 0.0526. The molecule has 1 heterocycles. The Balaban J connectivity index is 2.28. The van der Waals surface area contributed by atoms with Gasteiger partial charge >= 0.3 is 5.97 Å². The third kappa shape index (κ3) is 2.64. The molecule has 0 saturated carbocycles. The van der Waals surface area contributed by atoms with Crippen molar-refractivity contribution in [1.29, 1.82) is 0 Å². The molecule has 1 aromatic heterocycles. The fraction of sp³-hybridized carbons (Fsp3) is 0.143. The molecule has 0 spiro atoms. The molecule has 6 heteroatoms. The smallest absolute Gasteiger partial charge is 0.338 e. The lowest BCUT2D eigenvalue weighted by Crippen LogP contribution is -2.11. The Morgan fingerprint density at radius 1 is 1.25 bits per heavy atom. The second kappa shape index (κ2) is 5.48. The molecule has 5 N–H and O–H groups in total. The molecule has 0 saturated heterocycles. The van der Waals surface area contributed by atoms with Crippen LogP contribution in [0.5, 0.6) is 0 Å². The van der Waals surface area contributed by atoms with E-state index in [-0.39, 0.29) is 17.4 Å². The van der Waals surface area contributed by atoms with E-state index in [0.29, 0.717) is 17.9 Å². The maximum atomic E-state index is 11.5. The second-order valence-electron chi connectivity index (χ2n) is 4.17. The zero-order valence-corrected chi connectivity index (χ0v) is 11.0. The van der Waals surface area contributed by atoms with E-state index < -0.39 is 5.91 Å². The number of rotatable bonds is 4. The van der Waals surface area contributed by atoms with Gasteiger partial charge in [0.25, 0.3) is 5.91 Å². The van der Waals surface area contributed by atoms with Gasteiger partial charge in [-0.1, -0.05) is 12.1 Å². The minimum absolute atomic E-state index is 0.224. The number of carbonyl (C=O) groups excluding carboxylic acids is 2. The number of nitrogen functional groups attached to an aromatic ring is 1. The topological polar surface area (TPSA) is 111 Å². The van der Waals surface area contributed by atoms with Gasteiger partial charge in [0.15, 0.2) is 0 Å². The van der Waals surface area contributed by atoms with Crippen molar-refractivity contribution in [3.63, 3.8) is 0 Å². The summed E-state index contributed by atoms with van der Waals surface area (Å²) in [7, 11) is 0. The third-order valence-corrected chi connectivity index (χ3v) is 2.82. The molecular formula is C14H15N3O3. The van der Waals surface area contributed by atoms with Crippen LogP contribution in [0.15, 0.2) is 30.3 Å². The second-order valence-corrected chi connectivity index (χ2v) is 4.17. The number of nitrogens with one attached hydrogen (secondary N) is 1. The average Bonchev–Trinajstić information content (AvgIpc) is 2.81. The Labute approximate surface area is 115 Å². The highest BCUT2D eigenvalue weighted by Gasteiger charge is 2.12. The molecule has 0 aliphatic carbocycles. The van der Waals surface area contributed by atoms with Crippen molar-refractivity contribution >= 4 is 17.7 Å². The van der Waals surface area contributed by atoms with Crippen molar-refractivity contribution in [2.75, 3.05) is 12.3 Å². The zero-order valence-electron chi connectivity index (χ0n) is 11.0. The molecule has 0 radical (unpaired) electrons. The molecule has 104 valence electrons. The summed E-state index contributed by atoms with van der Waals surface area (Å²) in [5, 5.41) is 0. The average molecular weight is 273 g/mol. The first-order valence-corrected chi connectivity index (χ1v) is 6.08. The van der Waals surface area contributed by atoms with Crippen molar-refractivity contribution < 1.29 is 14.3 Å². The van der Waals surface area contributed by atoms with Crippen molar-refractivity contribution in [3.05, 3.63) is 41.5 Å². The Morgan fingerprint density at radius 2 is 1.90 bits per heavy atom. The molecule has 0 bridgehead atoms. The van der Waals surface area contributed by atoms with E-state index in [0.717, 1.165) is 5.56 Å². The minimum atomic E-state index is -0.590. The number of nitrogens with two attached hydrogens (primary N) is 2. The molecule has 0 fully saturated rings. The summed E-state index contributed by atoms with van der Waals surface area (Å²) >= 11 is 0. The molecular weight excluding hydrogens is 258 g/mol. The van der Waals surface area contributed by atoms with Crippen LogP contribution in [0.4, 0.5) is 5.82 Å². The van der Waals surface area contributed by atoms with Crippen molar-refractivity contribution in [1.82, 2.24) is 4.98 Å². The van der Waals surface area contributed by atoms with Crippen LogP contribution in [0.2, 0.25) is 0 Å². The molecule has 6 nitrogen and oxygen atoms in total. The van der Waals surface area contributed by atoms with Gasteiger partial charge in [-0.15, -0.1) is 0 Å². The van der Waals surface area contributed by atoms with Gasteiger partial charge < -0.3 is 21.2 Å². The number of anilines is 1. The lowest BCUT2D eigenvalue weighted by Gasteiger charge is -2.03. The van der Waals surface area contributed by atoms with E-state index in [1.807, 2.05) is 0 Å². The third-order valence-electron chi connectivity index (χ3n) is 2.82. The first kappa shape index (κ1) is 13.7. The minimum Gasteiger partial charge on any atom is -0.462 e. The largest absolute Gasteiger partial charge is 0.462 e. The Kier molecular flexibility index (Phi) is 3.74. The maximum Gasteiger partial charge on any atom is 0.338 e. The molecule has 2 rings (SSSR count). The fourth-order valence-electron chi connectivity index (χ4n) is 1.83. The first-order valence-electron chi connectivity index (χ1n) is 6.08. The van der Waals surface area contributed by atoms with Crippen molar-refractivity contribution in [2.45, 2.75) is 6.92 Å². The molecule has 0 atom stereocenters. The molecule has 0 unspecified atom stereocenters. The van der Waals surface area contributed by atoms with Gasteiger partial charge in [-0.3, -0.25) is 4.79 Å². The number of H-pyrrole nitrogens is 1. The van der Waals surface area contributed by atoms with Gasteiger partial charge in [0.05, 0.1) is 17.7 Å². The van der Waals surface area contributed by atoms with E-state index in [9.17, 15) is 9.59 Å². The number of aromatic amines is 1. The molecule has 0 aliphatic heterocycles. The zero-order chi connectivity index (χ0) is 14.7. The highest BCUT2D eigenvalue weighted by Crippen LogP contribution is 2.23. The van der Waals surface area contributed by atoms with E-state index in [2.05, 4.69) is 4.98 Å². The molecule has 0 aliphatic rings. The number of ether oxygens (including phenoxy) is 1. The number of amides is 1. The summed E-state index contributed by atoms with van der Waals surface area (Å²) in [4.78, 5) is 25.5. The van der Waals surface area contributed by atoms with Crippen molar-refractivity contribution in [2.24, 2.45) is 5.73 Å². The predicted octanol–water partition coefficient (Wildman–Crippen LogP) is 1.54. The van der Waals surface area contributed by atoms with Gasteiger partial charge in [0.1, 0.15) is 5.82 Å². The number of carbonyl (C=O) groups is 2. The van der Waals surface area contributed by atoms with E-state index >= 15 is 0 Å². The van der Waals surface area contributed by atoms with Gasteiger partial charge in [0.2, 0.25) is 0 Å². The number of hydrogen-bond acceptors (Lipinski definition) is 4. The Bertz CT molecular complexity index is 644. The SMILES string of the molecule is CCOC(=O)c1ccc(-c2cc(C(N)=O)c(N)[nH]2)cc1. The Hall–Kier alpha value is -2.76. The van der Waals surface area contributed by atoms with Crippen LogP contribution in [-0.2, 0) is 4.74 Å². The lowest BCUT2D eigenvalue weighted by atomic mass is 10.1. The number of hydrogen-bond donors (Lipinski definition) is 3. The van der Waals surface area contributed by atoms with Gasteiger partial charge in [-0.05, 0) is 30.7 Å². The summed E-state index contributed by atoms with van der Waals surface area (Å²) in [6.45, 7) is 2.08. The molecule has 20 heavy (non-hydrogen) atoms. The van der Waals surface area contributed by atoms with Crippen LogP contribution in [0, 0.1) is 0 Å². The fourth-order valence-corrected chi connectivity index (χ4v) is 1.83. The first-order chi connectivity index (χ1) is 9.52. The van der Waals surface area contributed by atoms with E-state index in [4.69, 9.17) is 16.2 Å². The van der Waals surface area contributed by atoms with Crippen LogP contribution in [-0.4, -0.2) is 23.5 Å². The summed E-state index contributed by atoms with van der Waals surface area (Å²) in [5.41, 5.74) is 13.0. The van der Waals surface area contributed by atoms with Crippen LogP contribution in [0.3, 0.4) is 0 Å². The van der Waals surface area contributed by atoms with Crippen molar-refractivity contribution in [3.8, 4) is 11.3 Å². The summed E-state index contributed by atoms with van der Waals surface area (Å²) in [6, 6.07) is 8.35. The summed E-state index contributed by atoms with van der Waals surface area (Å²) < 4.78 is 4.90. The normalized spacial score (nSPS) is 10.2. The predicted molar refractivity (Wildman–Crippen MR) is 75.1 cm³/mol. The summed E-state index contributed by atoms with van der Waals surface area (Å²) in [6.07, 6.45) is 0. The van der Waals surface area contributed by atoms with Crippen LogP contribution < -0.4 is 11.5 Å². The standard InChI is InChI=1S/C14H15N3O3/c1-2-20-14(19)9-5-3-8(4-6-9)11-7-10(13(16)18)12(15)17-11/h3-7,17H,2,15H2,1H3,(H2,16,18). The van der Waals surface area contributed by atoms with Gasteiger partial charge in [-0.25, -0.2) is 4.79 Å². The highest BCUT2D eigenvalue weighted by molar-refractivity contribution is 5.99. The van der Waals surface area contributed by atoms with E-state index in [1.54, 1.807) is 37.3 Å². The molecule has 1 aromatic carbocycles. The molecule has 1 amide bonds. The van der Waals surface area contributed by atoms with Crippen LogP contribution >= 0.6 is 0 Å². The highest BCUT2D eigenvalue weighted by atomic mass is 16.5. The number of primary amides is 1. The summed E-state index contributed by atoms with van der Waals surface area (Å²) in [5.74, 6) is -0.738. The molecule has 2 aromatic rings. The Morgan fingerprint density at radius 3 is 2.40 bits per heavy atom. The monoisotopic (exact) mass is 273 g/mol. The number of esters is 1. The number of benzene rings is 1. The van der Waals surface area contributed by atoms with Gasteiger partial charge in [-0.2, -0.15) is 0 Å². The number of aromatic nitrogens is 1.